The summed E-state index contributed by atoms with van der Waals surface area (Å²) in [6.45, 7) is 6.84. The van der Waals surface area contributed by atoms with Gasteiger partial charge in [0, 0.05) is 23.1 Å². The fourth-order valence-corrected chi connectivity index (χ4v) is 4.60. The lowest BCUT2D eigenvalue weighted by atomic mass is 10.1. The third-order valence-electron chi connectivity index (χ3n) is 6.61. The number of aryl methyl sites for hydroxylation is 1. The van der Waals surface area contributed by atoms with Crippen LogP contribution in [0.3, 0.4) is 0 Å². The lowest BCUT2D eigenvalue weighted by Gasteiger charge is -2.28. The van der Waals surface area contributed by atoms with Crippen molar-refractivity contribution >= 4 is 38.7 Å². The molecule has 3 aromatic carbocycles. The average molecular weight is 590 g/mol. The molecule has 4 aromatic rings. The van der Waals surface area contributed by atoms with Crippen molar-refractivity contribution < 1.29 is 14.0 Å². The van der Waals surface area contributed by atoms with Crippen molar-refractivity contribution in [3.8, 4) is 0 Å². The fraction of sp³-hybridized carbons (Fsp3) is 0.281. The molecule has 0 N–H and O–H groups in total. The summed E-state index contributed by atoms with van der Waals surface area (Å²) >= 11 is 3.41. The van der Waals surface area contributed by atoms with E-state index >= 15 is 0 Å². The summed E-state index contributed by atoms with van der Waals surface area (Å²) in [6.07, 6.45) is 2.20. The van der Waals surface area contributed by atoms with Gasteiger partial charge >= 0.3 is 0 Å². The minimum absolute atomic E-state index is 0.0738. The van der Waals surface area contributed by atoms with Gasteiger partial charge in [-0.05, 0) is 61.2 Å². The van der Waals surface area contributed by atoms with Gasteiger partial charge in [-0.1, -0.05) is 71.7 Å². The highest BCUT2D eigenvalue weighted by Gasteiger charge is 2.24. The number of carbonyl (C=O) groups is 2. The zero-order valence-corrected chi connectivity index (χ0v) is 24.1. The van der Waals surface area contributed by atoms with Gasteiger partial charge in [0.2, 0.25) is 5.91 Å². The molecule has 0 fully saturated rings. The highest BCUT2D eigenvalue weighted by molar-refractivity contribution is 9.10. The van der Waals surface area contributed by atoms with Crippen molar-refractivity contribution in [2.24, 2.45) is 5.92 Å². The van der Waals surface area contributed by atoms with E-state index in [0.29, 0.717) is 41.1 Å². The average Bonchev–Trinajstić information content (AvgIpc) is 2.92. The van der Waals surface area contributed by atoms with E-state index in [1.807, 2.05) is 55.5 Å². The number of nitrogens with zero attached hydrogens (tertiary/aromatic N) is 2. The van der Waals surface area contributed by atoms with Gasteiger partial charge in [-0.3, -0.25) is 14.4 Å². The molecule has 1 aromatic heterocycles. The maximum atomic E-state index is 13.8. The number of rotatable bonds is 10. The van der Waals surface area contributed by atoms with Crippen LogP contribution in [0.5, 0.6) is 0 Å². The third-order valence-corrected chi connectivity index (χ3v) is 7.14. The number of fused-ring (bicyclic) bond motifs is 1. The van der Waals surface area contributed by atoms with Crippen molar-refractivity contribution in [3.63, 3.8) is 0 Å². The first kappa shape index (κ1) is 28.3. The summed E-state index contributed by atoms with van der Waals surface area (Å²) in [4.78, 5) is 43.8. The van der Waals surface area contributed by atoms with Crippen LogP contribution in [-0.4, -0.2) is 34.7 Å². The van der Waals surface area contributed by atoms with Crippen LogP contribution in [0, 0.1) is 12.8 Å². The van der Waals surface area contributed by atoms with Gasteiger partial charge < -0.3 is 14.2 Å². The van der Waals surface area contributed by atoms with Crippen molar-refractivity contribution in [2.75, 3.05) is 13.1 Å². The molecule has 0 atom stereocenters. The van der Waals surface area contributed by atoms with Crippen LogP contribution in [0.15, 0.2) is 92.7 Å². The van der Waals surface area contributed by atoms with E-state index in [1.54, 1.807) is 34.1 Å². The third kappa shape index (κ3) is 7.45. The van der Waals surface area contributed by atoms with Gasteiger partial charge in [0.1, 0.15) is 12.1 Å². The second-order valence-corrected chi connectivity index (χ2v) is 11.2. The number of halogens is 1. The first-order valence-electron chi connectivity index (χ1n) is 13.1. The zero-order valence-electron chi connectivity index (χ0n) is 22.5. The maximum absolute atomic E-state index is 13.8. The van der Waals surface area contributed by atoms with E-state index in [1.165, 1.54) is 6.26 Å². The van der Waals surface area contributed by atoms with E-state index in [9.17, 15) is 14.4 Å². The second kappa shape index (κ2) is 12.9. The molecule has 0 spiro atoms. The fourth-order valence-electron chi connectivity index (χ4n) is 4.34. The van der Waals surface area contributed by atoms with Gasteiger partial charge in [0.05, 0.1) is 23.8 Å². The minimum atomic E-state index is -0.239. The SMILES string of the molecule is Cc1ccc2occ(CN(Cc3ccccc3)C(=O)CN(CCC(C)C)C(=O)c3ccc(Br)cc3)c(=O)c2c1. The van der Waals surface area contributed by atoms with Crippen LogP contribution in [0.2, 0.25) is 0 Å². The predicted octanol–water partition coefficient (Wildman–Crippen LogP) is 6.58. The Kier molecular flexibility index (Phi) is 9.36. The molecule has 0 unspecified atom stereocenters. The molecule has 0 bridgehead atoms. The summed E-state index contributed by atoms with van der Waals surface area (Å²) in [5, 5.41) is 0.489. The van der Waals surface area contributed by atoms with E-state index in [4.69, 9.17) is 4.42 Å². The highest BCUT2D eigenvalue weighted by Crippen LogP contribution is 2.17. The van der Waals surface area contributed by atoms with Crippen LogP contribution in [0.4, 0.5) is 0 Å². The molecule has 6 nitrogen and oxygen atoms in total. The molecule has 39 heavy (non-hydrogen) atoms. The normalized spacial score (nSPS) is 11.1. The Morgan fingerprint density at radius 3 is 2.33 bits per heavy atom. The Balaban J connectivity index is 1.63. The topological polar surface area (TPSA) is 70.8 Å². The van der Waals surface area contributed by atoms with Crippen LogP contribution >= 0.6 is 15.9 Å². The molecular formula is C32H33BrN2O4. The molecule has 0 aliphatic heterocycles. The van der Waals surface area contributed by atoms with Crippen molar-refractivity contribution in [3.05, 3.63) is 116 Å². The van der Waals surface area contributed by atoms with E-state index < -0.39 is 0 Å². The quantitative estimate of drug-likeness (QED) is 0.210. The van der Waals surface area contributed by atoms with Crippen molar-refractivity contribution in [1.29, 1.82) is 0 Å². The second-order valence-electron chi connectivity index (χ2n) is 10.2. The molecule has 2 amide bonds. The summed E-state index contributed by atoms with van der Waals surface area (Å²) < 4.78 is 6.63. The smallest absolute Gasteiger partial charge is 0.254 e. The Morgan fingerprint density at radius 1 is 0.923 bits per heavy atom. The maximum Gasteiger partial charge on any atom is 0.254 e. The van der Waals surface area contributed by atoms with Crippen LogP contribution in [-0.2, 0) is 17.9 Å². The lowest BCUT2D eigenvalue weighted by Crippen LogP contribution is -2.43. The van der Waals surface area contributed by atoms with Gasteiger partial charge in [0.25, 0.3) is 5.91 Å². The molecule has 0 saturated heterocycles. The summed E-state index contributed by atoms with van der Waals surface area (Å²) in [5.41, 5.74) is 3.15. The first-order chi connectivity index (χ1) is 18.7. The number of hydrogen-bond acceptors (Lipinski definition) is 4. The van der Waals surface area contributed by atoms with E-state index in [2.05, 4.69) is 29.8 Å². The number of hydrogen-bond donors (Lipinski definition) is 0. The minimum Gasteiger partial charge on any atom is -0.464 e. The Hall–Kier alpha value is -3.71. The van der Waals surface area contributed by atoms with Crippen LogP contribution in [0.1, 0.15) is 47.3 Å². The largest absolute Gasteiger partial charge is 0.464 e. The van der Waals surface area contributed by atoms with Gasteiger partial charge in [-0.15, -0.1) is 0 Å². The molecule has 7 heteroatoms. The summed E-state index contributed by atoms with van der Waals surface area (Å²) in [5.74, 6) is -0.0694. The van der Waals surface area contributed by atoms with E-state index in [0.717, 1.165) is 22.0 Å². The number of amides is 2. The lowest BCUT2D eigenvalue weighted by molar-refractivity contribution is -0.133. The molecule has 0 aliphatic rings. The molecule has 1 heterocycles. The van der Waals surface area contributed by atoms with Crippen molar-refractivity contribution in [1.82, 2.24) is 9.80 Å². The molecule has 0 saturated carbocycles. The molecule has 4 rings (SSSR count). The highest BCUT2D eigenvalue weighted by atomic mass is 79.9. The molecule has 202 valence electrons. The Bertz CT molecular complexity index is 1500. The Labute approximate surface area is 237 Å². The summed E-state index contributed by atoms with van der Waals surface area (Å²) in [7, 11) is 0. The van der Waals surface area contributed by atoms with Gasteiger partial charge in [-0.25, -0.2) is 0 Å². The monoisotopic (exact) mass is 588 g/mol. The number of carbonyl (C=O) groups excluding carboxylic acids is 2. The molecule has 0 radical (unpaired) electrons. The summed E-state index contributed by atoms with van der Waals surface area (Å²) in [6, 6.07) is 22.2. The van der Waals surface area contributed by atoms with Crippen LogP contribution < -0.4 is 5.43 Å². The van der Waals surface area contributed by atoms with Gasteiger partial charge in [-0.2, -0.15) is 0 Å². The van der Waals surface area contributed by atoms with Gasteiger partial charge in [0.15, 0.2) is 5.43 Å². The predicted molar refractivity (Wildman–Crippen MR) is 157 cm³/mol. The van der Waals surface area contributed by atoms with E-state index in [-0.39, 0.29) is 30.3 Å². The van der Waals surface area contributed by atoms with Crippen LogP contribution in [0.25, 0.3) is 11.0 Å². The number of benzene rings is 3. The first-order valence-corrected chi connectivity index (χ1v) is 13.9. The Morgan fingerprint density at radius 2 is 1.64 bits per heavy atom. The molecule has 0 aliphatic carbocycles. The molecular weight excluding hydrogens is 556 g/mol. The standard InChI is InChI=1S/C32H33BrN2O4/c1-22(2)15-16-34(32(38)25-10-12-27(33)13-11-25)20-30(36)35(18-24-7-5-4-6-8-24)19-26-21-39-29-14-9-23(3)17-28(29)31(26)37/h4-14,17,21-22H,15-16,18-20H2,1-3H3. The zero-order chi connectivity index (χ0) is 27.9. The van der Waals surface area contributed by atoms with Crippen molar-refractivity contribution in [2.45, 2.75) is 40.3 Å².